The molecule has 0 bridgehead atoms. The lowest BCUT2D eigenvalue weighted by atomic mass is 10.1. The van der Waals surface area contributed by atoms with Crippen LogP contribution in [0.4, 0.5) is 0 Å². The normalized spacial score (nSPS) is 10.9. The first-order valence-electron chi connectivity index (χ1n) is 12.5. The van der Waals surface area contributed by atoms with E-state index < -0.39 is 0 Å². The van der Waals surface area contributed by atoms with Gasteiger partial charge in [0.2, 0.25) is 0 Å². The van der Waals surface area contributed by atoms with E-state index in [1.165, 1.54) is 62.5 Å². The summed E-state index contributed by atoms with van der Waals surface area (Å²) in [5, 5.41) is 3.55. The fraction of sp³-hybridized carbons (Fsp3) is 0.571. The predicted octanol–water partition coefficient (Wildman–Crippen LogP) is 7.67. The molecular weight excluding hydrogens is 382 g/mol. The molecule has 0 amide bonds. The molecule has 0 heterocycles. The third-order valence-corrected chi connectivity index (χ3v) is 5.55. The molecule has 2 rings (SSSR count). The molecule has 0 saturated heterocycles. The van der Waals surface area contributed by atoms with Crippen LogP contribution in [0.2, 0.25) is 0 Å². The van der Waals surface area contributed by atoms with Crippen molar-refractivity contribution in [3.05, 3.63) is 59.7 Å². The monoisotopic (exact) mass is 425 g/mol. The van der Waals surface area contributed by atoms with Gasteiger partial charge in [-0.2, -0.15) is 0 Å². The summed E-state index contributed by atoms with van der Waals surface area (Å²) in [5.74, 6) is 1.88. The van der Waals surface area contributed by atoms with Crippen molar-refractivity contribution >= 4 is 0 Å². The van der Waals surface area contributed by atoms with Crippen molar-refractivity contribution in [3.8, 4) is 11.5 Å². The van der Waals surface area contributed by atoms with Gasteiger partial charge in [-0.15, -0.1) is 0 Å². The lowest BCUT2D eigenvalue weighted by molar-refractivity contribution is 0.287. The van der Waals surface area contributed by atoms with E-state index in [9.17, 15) is 0 Å². The van der Waals surface area contributed by atoms with Gasteiger partial charge in [-0.05, 0) is 24.5 Å². The maximum absolute atomic E-state index is 6.20. The predicted molar refractivity (Wildman–Crippen MR) is 132 cm³/mol. The summed E-state index contributed by atoms with van der Waals surface area (Å²) < 4.78 is 12.2. The second-order valence-electron chi connectivity index (χ2n) is 8.38. The van der Waals surface area contributed by atoms with E-state index in [2.05, 4.69) is 67.7 Å². The lowest BCUT2D eigenvalue weighted by Gasteiger charge is -2.15. The second kappa shape index (κ2) is 16.7. The molecule has 3 nitrogen and oxygen atoms in total. The van der Waals surface area contributed by atoms with Gasteiger partial charge in [0.15, 0.2) is 0 Å². The van der Waals surface area contributed by atoms with Crippen molar-refractivity contribution in [2.45, 2.75) is 91.1 Å². The van der Waals surface area contributed by atoms with E-state index in [1.807, 2.05) is 0 Å². The van der Waals surface area contributed by atoms with E-state index in [4.69, 9.17) is 9.47 Å². The van der Waals surface area contributed by atoms with E-state index in [0.29, 0.717) is 0 Å². The summed E-state index contributed by atoms with van der Waals surface area (Å²) in [6.07, 6.45) is 12.5. The molecular formula is C28H43NO2. The van der Waals surface area contributed by atoms with Crippen molar-refractivity contribution < 1.29 is 9.47 Å². The van der Waals surface area contributed by atoms with E-state index in [0.717, 1.165) is 50.6 Å². The van der Waals surface area contributed by atoms with Crippen molar-refractivity contribution in [2.75, 3.05) is 13.2 Å². The number of ether oxygens (including phenoxy) is 2. The Hall–Kier alpha value is -2.00. The molecule has 0 aliphatic carbocycles. The molecule has 31 heavy (non-hydrogen) atoms. The van der Waals surface area contributed by atoms with Gasteiger partial charge < -0.3 is 14.8 Å². The third kappa shape index (κ3) is 11.3. The second-order valence-corrected chi connectivity index (χ2v) is 8.38. The zero-order valence-corrected chi connectivity index (χ0v) is 19.8. The quantitative estimate of drug-likeness (QED) is 0.248. The van der Waals surface area contributed by atoms with Gasteiger partial charge in [0.1, 0.15) is 11.5 Å². The van der Waals surface area contributed by atoms with Crippen LogP contribution < -0.4 is 14.8 Å². The van der Waals surface area contributed by atoms with Gasteiger partial charge in [0.05, 0.1) is 13.2 Å². The average Bonchev–Trinajstić information content (AvgIpc) is 2.80. The van der Waals surface area contributed by atoms with Crippen molar-refractivity contribution in [2.24, 2.45) is 0 Å². The van der Waals surface area contributed by atoms with Crippen molar-refractivity contribution in [3.63, 3.8) is 0 Å². The molecule has 3 heteroatoms. The zero-order chi connectivity index (χ0) is 22.0. The zero-order valence-electron chi connectivity index (χ0n) is 19.8. The smallest absolute Gasteiger partial charge is 0.127 e. The van der Waals surface area contributed by atoms with Crippen LogP contribution in [-0.4, -0.2) is 13.2 Å². The van der Waals surface area contributed by atoms with Crippen LogP contribution in [0, 0.1) is 0 Å². The molecule has 0 unspecified atom stereocenters. The SMILES string of the molecule is CCCCCCCOc1ccc(CNCc2ccccc2)c(OCCCCCCC)c1. The van der Waals surface area contributed by atoms with E-state index >= 15 is 0 Å². The molecule has 0 aliphatic rings. The van der Waals surface area contributed by atoms with E-state index in [-0.39, 0.29) is 0 Å². The Balaban J connectivity index is 1.86. The highest BCUT2D eigenvalue weighted by Gasteiger charge is 2.07. The molecule has 0 radical (unpaired) electrons. The molecule has 0 spiro atoms. The van der Waals surface area contributed by atoms with Gasteiger partial charge in [0.25, 0.3) is 0 Å². The molecule has 0 saturated carbocycles. The van der Waals surface area contributed by atoms with Gasteiger partial charge >= 0.3 is 0 Å². The number of benzene rings is 2. The van der Waals surface area contributed by atoms with Gasteiger partial charge in [-0.3, -0.25) is 0 Å². The van der Waals surface area contributed by atoms with Crippen LogP contribution in [0.1, 0.15) is 89.2 Å². The summed E-state index contributed by atoms with van der Waals surface area (Å²) in [6.45, 7) is 7.70. The summed E-state index contributed by atoms with van der Waals surface area (Å²) in [7, 11) is 0. The number of rotatable bonds is 18. The highest BCUT2D eigenvalue weighted by atomic mass is 16.5. The summed E-state index contributed by atoms with van der Waals surface area (Å²) in [4.78, 5) is 0. The third-order valence-electron chi connectivity index (χ3n) is 5.55. The standard InChI is InChI=1S/C28H43NO2/c1-3-5-7-9-14-20-30-27-19-18-26(24-29-23-25-16-12-11-13-17-25)28(22-27)31-21-15-10-8-6-4-2/h11-13,16-19,22,29H,3-10,14-15,20-21,23-24H2,1-2H3. The number of unbranched alkanes of at least 4 members (excludes halogenated alkanes) is 8. The Morgan fingerprint density at radius 3 is 1.97 bits per heavy atom. The summed E-state index contributed by atoms with van der Waals surface area (Å²) in [5.41, 5.74) is 2.49. The Morgan fingerprint density at radius 1 is 0.645 bits per heavy atom. The first-order chi connectivity index (χ1) is 15.3. The van der Waals surface area contributed by atoms with Crippen LogP contribution in [-0.2, 0) is 13.1 Å². The Bertz CT molecular complexity index is 687. The first kappa shape index (κ1) is 25.3. The Labute approximate surface area is 190 Å². The fourth-order valence-electron chi connectivity index (χ4n) is 3.63. The minimum Gasteiger partial charge on any atom is -0.493 e. The molecule has 0 aromatic heterocycles. The fourth-order valence-corrected chi connectivity index (χ4v) is 3.63. The number of hydrogen-bond acceptors (Lipinski definition) is 3. The molecule has 1 N–H and O–H groups in total. The minimum atomic E-state index is 0.774. The molecule has 0 aliphatic heterocycles. The van der Waals surface area contributed by atoms with Crippen molar-refractivity contribution in [1.29, 1.82) is 0 Å². The van der Waals surface area contributed by atoms with Crippen LogP contribution in [0.15, 0.2) is 48.5 Å². The van der Waals surface area contributed by atoms with Crippen molar-refractivity contribution in [1.82, 2.24) is 5.32 Å². The van der Waals surface area contributed by atoms with Crippen LogP contribution in [0.3, 0.4) is 0 Å². The molecule has 2 aromatic carbocycles. The summed E-state index contributed by atoms with van der Waals surface area (Å²) in [6, 6.07) is 16.8. The Kier molecular flexibility index (Phi) is 13.6. The van der Waals surface area contributed by atoms with Crippen LogP contribution in [0.5, 0.6) is 11.5 Å². The number of nitrogens with one attached hydrogen (secondary N) is 1. The maximum Gasteiger partial charge on any atom is 0.127 e. The van der Waals surface area contributed by atoms with Crippen LogP contribution >= 0.6 is 0 Å². The van der Waals surface area contributed by atoms with Gasteiger partial charge in [-0.25, -0.2) is 0 Å². The van der Waals surface area contributed by atoms with Crippen LogP contribution in [0.25, 0.3) is 0 Å². The topological polar surface area (TPSA) is 30.5 Å². The molecule has 2 aromatic rings. The van der Waals surface area contributed by atoms with E-state index in [1.54, 1.807) is 0 Å². The molecule has 172 valence electrons. The molecule has 0 fully saturated rings. The minimum absolute atomic E-state index is 0.774. The average molecular weight is 426 g/mol. The molecule has 0 atom stereocenters. The van der Waals surface area contributed by atoms with Gasteiger partial charge in [0, 0.05) is 24.7 Å². The highest BCUT2D eigenvalue weighted by molar-refractivity contribution is 5.40. The Morgan fingerprint density at radius 2 is 1.29 bits per heavy atom. The van der Waals surface area contributed by atoms with Gasteiger partial charge in [-0.1, -0.05) is 102 Å². The first-order valence-corrected chi connectivity index (χ1v) is 12.5. The maximum atomic E-state index is 6.20. The lowest BCUT2D eigenvalue weighted by Crippen LogP contribution is -2.14. The largest absolute Gasteiger partial charge is 0.493 e. The number of hydrogen-bond donors (Lipinski definition) is 1. The highest BCUT2D eigenvalue weighted by Crippen LogP contribution is 2.26. The summed E-state index contributed by atoms with van der Waals surface area (Å²) >= 11 is 0.